The molecule has 1 spiro atoms. The SMILES string of the molecule is C=C/C(=C\C)C/C=C\C(=C/C)N(C1=CC2=C=C(C=C1)c1ccccc1C21C/C=C\C=C/CC/C=C\C=C/C1)c1ccccc1. The number of para-hydroxylation sites is 1. The minimum Gasteiger partial charge on any atom is -0.311 e. The van der Waals surface area contributed by atoms with Crippen LogP contribution in [0.3, 0.4) is 0 Å². The molecule has 2 bridgehead atoms. The molecule has 0 saturated carbocycles. The second-order valence-electron chi connectivity index (χ2n) is 11.2. The van der Waals surface area contributed by atoms with Gasteiger partial charge in [0, 0.05) is 33.6 Å². The lowest BCUT2D eigenvalue weighted by Gasteiger charge is -2.37. The molecule has 3 aliphatic rings. The second kappa shape index (κ2) is 15.1. The van der Waals surface area contributed by atoms with E-state index in [2.05, 4.69) is 177 Å². The molecule has 0 atom stereocenters. The zero-order valence-electron chi connectivity index (χ0n) is 26.1. The standard InChI is InChI=1S/C43H43N/c1-4-35(5-2)23-22-26-38(6-3)44(39-24-16-15-17-25-39)40-30-29-36-33-37(34-40)43(42-28-19-18-27-41(36)42)31-20-13-11-9-7-8-10-12-14-21-32-43/h4-6,9-22,24-30,34H,1,7-8,23,31-32H2,2-3H3/b11-9-,12-10-,20-13-,21-14-,26-22-,35-5+,38-6+. The number of fused-ring (bicyclic) bond motifs is 4. The van der Waals surface area contributed by atoms with Crippen molar-refractivity contribution in [3.8, 4) is 0 Å². The van der Waals surface area contributed by atoms with Crippen LogP contribution in [0.2, 0.25) is 0 Å². The van der Waals surface area contributed by atoms with Crippen molar-refractivity contribution in [2.24, 2.45) is 0 Å². The van der Waals surface area contributed by atoms with E-state index in [1.807, 2.05) is 6.08 Å². The first-order chi connectivity index (χ1) is 21.7. The van der Waals surface area contributed by atoms with Gasteiger partial charge in [-0.3, -0.25) is 0 Å². The average Bonchev–Trinajstić information content (AvgIpc) is 3.25. The summed E-state index contributed by atoms with van der Waals surface area (Å²) in [6.07, 6.45) is 40.3. The lowest BCUT2D eigenvalue weighted by Crippen LogP contribution is -2.30. The number of hydrogen-bond acceptors (Lipinski definition) is 1. The second-order valence-corrected chi connectivity index (χ2v) is 11.2. The molecule has 44 heavy (non-hydrogen) atoms. The molecule has 0 aromatic heterocycles. The molecule has 0 aliphatic heterocycles. The van der Waals surface area contributed by atoms with Crippen LogP contribution in [0.15, 0.2) is 187 Å². The molecular weight excluding hydrogens is 530 g/mol. The smallest absolute Gasteiger partial charge is 0.0471 e. The predicted molar refractivity (Wildman–Crippen MR) is 191 cm³/mol. The Hall–Kier alpha value is -4.84. The monoisotopic (exact) mass is 573 g/mol. The topological polar surface area (TPSA) is 3.24 Å². The van der Waals surface area contributed by atoms with Gasteiger partial charge in [-0.2, -0.15) is 0 Å². The first kappa shape index (κ1) is 30.6. The molecule has 0 fully saturated rings. The van der Waals surface area contributed by atoms with Gasteiger partial charge < -0.3 is 4.90 Å². The average molecular weight is 574 g/mol. The van der Waals surface area contributed by atoms with Crippen LogP contribution in [0.5, 0.6) is 0 Å². The summed E-state index contributed by atoms with van der Waals surface area (Å²) < 4.78 is 0. The summed E-state index contributed by atoms with van der Waals surface area (Å²) in [6.45, 7) is 8.15. The lowest BCUT2D eigenvalue weighted by molar-refractivity contribution is 0.523. The molecule has 3 aliphatic carbocycles. The van der Waals surface area contributed by atoms with Crippen molar-refractivity contribution in [3.05, 3.63) is 198 Å². The van der Waals surface area contributed by atoms with Crippen molar-refractivity contribution in [2.45, 2.75) is 51.4 Å². The fraction of sp³-hybridized carbons (Fsp3) is 0.186. The van der Waals surface area contributed by atoms with Gasteiger partial charge in [0.15, 0.2) is 0 Å². The molecule has 2 aromatic carbocycles. The molecule has 0 unspecified atom stereocenters. The Bertz CT molecular complexity index is 1660. The van der Waals surface area contributed by atoms with Gasteiger partial charge >= 0.3 is 0 Å². The summed E-state index contributed by atoms with van der Waals surface area (Å²) in [7, 11) is 0. The molecular formula is C43H43N. The fourth-order valence-electron chi connectivity index (χ4n) is 6.14. The minimum absolute atomic E-state index is 0.251. The summed E-state index contributed by atoms with van der Waals surface area (Å²) in [5.74, 6) is 0. The van der Waals surface area contributed by atoms with Crippen molar-refractivity contribution in [2.75, 3.05) is 4.90 Å². The Labute approximate surface area is 264 Å². The Kier molecular flexibility index (Phi) is 10.5. The first-order valence-electron chi connectivity index (χ1n) is 15.8. The molecule has 5 rings (SSSR count). The van der Waals surface area contributed by atoms with E-state index in [4.69, 9.17) is 0 Å². The highest BCUT2D eigenvalue weighted by molar-refractivity contribution is 5.83. The van der Waals surface area contributed by atoms with Gasteiger partial charge in [-0.05, 0) is 99.1 Å². The van der Waals surface area contributed by atoms with Crippen molar-refractivity contribution >= 4 is 11.3 Å². The maximum absolute atomic E-state index is 3.97. The Morgan fingerprint density at radius 2 is 1.52 bits per heavy atom. The zero-order chi connectivity index (χ0) is 30.6. The summed E-state index contributed by atoms with van der Waals surface area (Å²) in [5, 5.41) is 0. The summed E-state index contributed by atoms with van der Waals surface area (Å²) in [4.78, 5) is 2.36. The van der Waals surface area contributed by atoms with E-state index in [1.54, 1.807) is 0 Å². The molecule has 220 valence electrons. The molecule has 0 amide bonds. The number of anilines is 1. The zero-order valence-corrected chi connectivity index (χ0v) is 26.1. The molecule has 2 aromatic rings. The van der Waals surface area contributed by atoms with E-state index < -0.39 is 0 Å². The van der Waals surface area contributed by atoms with E-state index >= 15 is 0 Å². The lowest BCUT2D eigenvalue weighted by atomic mass is 9.65. The van der Waals surface area contributed by atoms with E-state index in [0.29, 0.717) is 0 Å². The molecule has 1 nitrogen and oxygen atoms in total. The third-order valence-corrected chi connectivity index (χ3v) is 8.53. The first-order valence-corrected chi connectivity index (χ1v) is 15.8. The van der Waals surface area contributed by atoms with Crippen molar-refractivity contribution in [3.63, 3.8) is 0 Å². The quantitative estimate of drug-likeness (QED) is 0.235. The van der Waals surface area contributed by atoms with Crippen molar-refractivity contribution in [1.29, 1.82) is 0 Å². The molecule has 0 radical (unpaired) electrons. The van der Waals surface area contributed by atoms with Gasteiger partial charge in [0.05, 0.1) is 0 Å². The Morgan fingerprint density at radius 1 is 0.841 bits per heavy atom. The summed E-state index contributed by atoms with van der Waals surface area (Å²) in [5.41, 5.74) is 13.2. The van der Waals surface area contributed by atoms with Crippen LogP contribution in [0.4, 0.5) is 5.69 Å². The maximum Gasteiger partial charge on any atom is 0.0471 e. The Balaban J connectivity index is 1.66. The van der Waals surface area contributed by atoms with Gasteiger partial charge in [-0.15, -0.1) is 5.73 Å². The van der Waals surface area contributed by atoms with Crippen LogP contribution >= 0.6 is 0 Å². The number of hydrogen-bond donors (Lipinski definition) is 0. The maximum atomic E-state index is 3.97. The van der Waals surface area contributed by atoms with Crippen LogP contribution in [-0.4, -0.2) is 0 Å². The third kappa shape index (κ3) is 6.86. The third-order valence-electron chi connectivity index (χ3n) is 8.53. The normalized spacial score (nSPS) is 20.9. The van der Waals surface area contributed by atoms with E-state index in [0.717, 1.165) is 54.8 Å². The highest BCUT2D eigenvalue weighted by Crippen LogP contribution is 2.48. The van der Waals surface area contributed by atoms with Crippen LogP contribution in [0, 0.1) is 0 Å². The van der Waals surface area contributed by atoms with Crippen LogP contribution < -0.4 is 4.90 Å². The molecule has 1 heteroatoms. The van der Waals surface area contributed by atoms with Gasteiger partial charge in [-0.25, -0.2) is 0 Å². The van der Waals surface area contributed by atoms with Crippen LogP contribution in [0.1, 0.15) is 57.1 Å². The number of rotatable bonds is 7. The molecule has 0 heterocycles. The Morgan fingerprint density at radius 3 is 2.20 bits per heavy atom. The van der Waals surface area contributed by atoms with E-state index in [1.165, 1.54) is 22.3 Å². The van der Waals surface area contributed by atoms with Crippen LogP contribution in [-0.2, 0) is 5.41 Å². The number of allylic oxidation sites excluding steroid dienone is 18. The van der Waals surface area contributed by atoms with Crippen molar-refractivity contribution in [1.82, 2.24) is 0 Å². The number of nitrogens with zero attached hydrogens (tertiary/aromatic N) is 1. The number of benzene rings is 2. The van der Waals surface area contributed by atoms with Gasteiger partial charge in [0.2, 0.25) is 0 Å². The van der Waals surface area contributed by atoms with Crippen LogP contribution in [0.25, 0.3) is 5.57 Å². The van der Waals surface area contributed by atoms with Gasteiger partial charge in [-0.1, -0.05) is 122 Å². The van der Waals surface area contributed by atoms with E-state index in [-0.39, 0.29) is 5.41 Å². The predicted octanol–water partition coefficient (Wildman–Crippen LogP) is 11.6. The molecule has 0 N–H and O–H groups in total. The van der Waals surface area contributed by atoms with Crippen molar-refractivity contribution < 1.29 is 0 Å². The minimum atomic E-state index is -0.251. The van der Waals surface area contributed by atoms with Gasteiger partial charge in [0.1, 0.15) is 0 Å². The highest BCUT2D eigenvalue weighted by atomic mass is 15.1. The molecule has 0 saturated heterocycles. The fourth-order valence-corrected chi connectivity index (χ4v) is 6.14. The largest absolute Gasteiger partial charge is 0.311 e. The van der Waals surface area contributed by atoms with Gasteiger partial charge in [0.25, 0.3) is 0 Å². The summed E-state index contributed by atoms with van der Waals surface area (Å²) in [6, 6.07) is 19.6. The summed E-state index contributed by atoms with van der Waals surface area (Å²) >= 11 is 0. The van der Waals surface area contributed by atoms with E-state index in [9.17, 15) is 0 Å². The highest BCUT2D eigenvalue weighted by Gasteiger charge is 2.39.